The smallest absolute Gasteiger partial charge is 0.325 e. The van der Waals surface area contributed by atoms with Crippen molar-refractivity contribution < 1.29 is 28.5 Å². The lowest BCUT2D eigenvalue weighted by molar-refractivity contribution is -0.143. The summed E-state index contributed by atoms with van der Waals surface area (Å²) in [6.45, 7) is 10.1. The van der Waals surface area contributed by atoms with Gasteiger partial charge in [-0.25, -0.2) is 9.78 Å². The van der Waals surface area contributed by atoms with Gasteiger partial charge in [-0.1, -0.05) is 19.9 Å². The van der Waals surface area contributed by atoms with Gasteiger partial charge in [0.15, 0.2) is 23.0 Å². The molecule has 4 unspecified atom stereocenters. The number of pyridine rings is 1. The number of hydrogen-bond acceptors (Lipinski definition) is 9. The van der Waals surface area contributed by atoms with E-state index in [-0.39, 0.29) is 35.4 Å². The van der Waals surface area contributed by atoms with Crippen LogP contribution in [0.4, 0.5) is 10.6 Å². The maximum atomic E-state index is 14.7. The molecule has 7 rings (SSSR count). The van der Waals surface area contributed by atoms with Gasteiger partial charge in [-0.15, -0.1) is 0 Å². The van der Waals surface area contributed by atoms with Crippen molar-refractivity contribution in [2.24, 2.45) is 11.8 Å². The number of hydrogen-bond donors (Lipinski definition) is 0. The van der Waals surface area contributed by atoms with Crippen molar-refractivity contribution in [1.82, 2.24) is 24.6 Å². The highest BCUT2D eigenvalue weighted by Crippen LogP contribution is 2.59. The van der Waals surface area contributed by atoms with E-state index in [2.05, 4.69) is 52.9 Å². The van der Waals surface area contributed by atoms with Crippen LogP contribution in [0.3, 0.4) is 0 Å². The lowest BCUT2D eigenvalue weighted by Gasteiger charge is -2.60. The summed E-state index contributed by atoms with van der Waals surface area (Å²) in [6, 6.07) is 14.3. The molecule has 3 aliphatic heterocycles. The summed E-state index contributed by atoms with van der Waals surface area (Å²) in [5.41, 5.74) is 4.77. The van der Waals surface area contributed by atoms with Crippen molar-refractivity contribution in [3.8, 4) is 23.0 Å². The summed E-state index contributed by atoms with van der Waals surface area (Å²) in [4.78, 5) is 43.3. The van der Waals surface area contributed by atoms with E-state index in [0.717, 1.165) is 81.3 Å². The van der Waals surface area contributed by atoms with Crippen molar-refractivity contribution in [2.75, 3.05) is 92.7 Å². The number of urea groups is 1. The molecule has 3 amide bonds. The number of carbonyl (C=O) groups excluding carboxylic acids is 2. The van der Waals surface area contributed by atoms with Gasteiger partial charge in [0.1, 0.15) is 5.82 Å². The minimum Gasteiger partial charge on any atom is -0.493 e. The number of aromatic nitrogens is 1. The fourth-order valence-corrected chi connectivity index (χ4v) is 10.2. The lowest BCUT2D eigenvalue weighted by atomic mass is 9.58. The number of anilines is 1. The van der Waals surface area contributed by atoms with E-state index in [1.807, 2.05) is 28.0 Å². The van der Waals surface area contributed by atoms with Crippen LogP contribution in [0, 0.1) is 11.8 Å². The summed E-state index contributed by atoms with van der Waals surface area (Å²) in [6.07, 6.45) is 5.88. The molecule has 3 aromatic rings. The van der Waals surface area contributed by atoms with Gasteiger partial charge >= 0.3 is 6.03 Å². The molecule has 12 heteroatoms. The third-order valence-corrected chi connectivity index (χ3v) is 13.0. The Kier molecular flexibility index (Phi) is 11.5. The molecule has 2 aromatic carbocycles. The predicted octanol–water partition coefficient (Wildman–Crippen LogP) is 5.63. The molecule has 1 spiro atoms. The van der Waals surface area contributed by atoms with Gasteiger partial charge in [0, 0.05) is 70.4 Å². The van der Waals surface area contributed by atoms with E-state index in [1.54, 1.807) is 46.6 Å². The molecule has 1 saturated carbocycles. The number of amides is 3. The van der Waals surface area contributed by atoms with Crippen LogP contribution in [-0.4, -0.2) is 124 Å². The number of fused-ring (bicyclic) bond motifs is 3. The van der Waals surface area contributed by atoms with Gasteiger partial charge in [-0.2, -0.15) is 0 Å². The Bertz CT molecular complexity index is 1850. The number of ether oxygens (including phenoxy) is 4. The van der Waals surface area contributed by atoms with E-state index in [4.69, 9.17) is 18.9 Å². The Morgan fingerprint density at radius 3 is 2.07 bits per heavy atom. The zero-order valence-electron chi connectivity index (χ0n) is 33.7. The van der Waals surface area contributed by atoms with Crippen LogP contribution in [0.1, 0.15) is 61.4 Å². The van der Waals surface area contributed by atoms with Crippen LogP contribution in [0.2, 0.25) is 0 Å². The topological polar surface area (TPSA) is 100 Å². The molecular weight excluding hydrogens is 697 g/mol. The third kappa shape index (κ3) is 6.85. The monoisotopic (exact) mass is 754 g/mol. The normalized spacial score (nSPS) is 24.2. The van der Waals surface area contributed by atoms with E-state index in [9.17, 15) is 9.59 Å². The molecule has 1 aliphatic carbocycles. The van der Waals surface area contributed by atoms with Crippen LogP contribution in [-0.2, 0) is 23.2 Å². The highest BCUT2D eigenvalue weighted by atomic mass is 16.5. The van der Waals surface area contributed by atoms with Crippen LogP contribution in [0.15, 0.2) is 48.7 Å². The first-order valence-electron chi connectivity index (χ1n) is 19.9. The first-order valence-corrected chi connectivity index (χ1v) is 19.9. The molecule has 0 bridgehead atoms. The van der Waals surface area contributed by atoms with Gasteiger partial charge in [-0.3, -0.25) is 19.5 Å². The van der Waals surface area contributed by atoms with Gasteiger partial charge in [0.05, 0.1) is 34.0 Å². The number of benzene rings is 2. The maximum Gasteiger partial charge on any atom is 0.325 e. The lowest BCUT2D eigenvalue weighted by Crippen LogP contribution is -2.62. The molecule has 296 valence electrons. The first kappa shape index (κ1) is 38.7. The number of carbonyl (C=O) groups is 2. The molecule has 1 saturated heterocycles. The maximum absolute atomic E-state index is 14.7. The minimum absolute atomic E-state index is 0.0360. The number of piperazine rings is 1. The van der Waals surface area contributed by atoms with E-state index in [0.29, 0.717) is 32.0 Å². The van der Waals surface area contributed by atoms with E-state index < -0.39 is 0 Å². The minimum atomic E-state index is -0.348. The van der Waals surface area contributed by atoms with Crippen molar-refractivity contribution >= 4 is 17.8 Å². The third-order valence-electron chi connectivity index (χ3n) is 13.0. The van der Waals surface area contributed by atoms with Crippen LogP contribution < -0.4 is 23.8 Å². The molecule has 4 atom stereocenters. The highest BCUT2D eigenvalue weighted by Gasteiger charge is 2.56. The summed E-state index contributed by atoms with van der Waals surface area (Å²) in [5, 5.41) is 0. The van der Waals surface area contributed by atoms with Crippen molar-refractivity contribution in [2.45, 2.75) is 57.5 Å². The summed E-state index contributed by atoms with van der Waals surface area (Å²) in [5.74, 6) is 3.68. The molecule has 12 nitrogen and oxygen atoms in total. The second-order valence-electron chi connectivity index (χ2n) is 15.3. The second-order valence-corrected chi connectivity index (χ2v) is 15.3. The fraction of sp³-hybridized carbons (Fsp3) is 0.558. The van der Waals surface area contributed by atoms with Crippen LogP contribution in [0.5, 0.6) is 23.0 Å². The van der Waals surface area contributed by atoms with Crippen molar-refractivity contribution in [3.05, 3.63) is 70.9 Å². The molecule has 4 heterocycles. The fourth-order valence-electron chi connectivity index (χ4n) is 10.2. The van der Waals surface area contributed by atoms with Gasteiger partial charge in [0.25, 0.3) is 0 Å². The molecular formula is C43H58N6O6. The molecule has 4 aliphatic rings. The molecule has 0 N–H and O–H groups in total. The largest absolute Gasteiger partial charge is 0.493 e. The molecule has 0 radical (unpaired) electrons. The molecule has 2 fully saturated rings. The number of methoxy groups -OCH3 is 4. The van der Waals surface area contributed by atoms with Crippen LogP contribution >= 0.6 is 0 Å². The van der Waals surface area contributed by atoms with Gasteiger partial charge < -0.3 is 28.7 Å². The van der Waals surface area contributed by atoms with Crippen molar-refractivity contribution in [1.29, 1.82) is 0 Å². The average molecular weight is 755 g/mol. The Morgan fingerprint density at radius 2 is 1.44 bits per heavy atom. The van der Waals surface area contributed by atoms with Crippen molar-refractivity contribution in [3.63, 3.8) is 0 Å². The van der Waals surface area contributed by atoms with Crippen LogP contribution in [0.25, 0.3) is 0 Å². The molecule has 55 heavy (non-hydrogen) atoms. The summed E-state index contributed by atoms with van der Waals surface area (Å²) in [7, 11) is 8.57. The number of nitrogens with zero attached hydrogens (tertiary/aromatic N) is 6. The first-order chi connectivity index (χ1) is 26.7. The average Bonchev–Trinajstić information content (AvgIpc) is 3.24. The van der Waals surface area contributed by atoms with E-state index >= 15 is 0 Å². The Hall–Kier alpha value is -4.55. The number of likely N-dealkylation sites (N-methyl/N-ethyl adjacent to an activating group) is 2. The zero-order valence-corrected chi connectivity index (χ0v) is 33.7. The van der Waals surface area contributed by atoms with Gasteiger partial charge in [0.2, 0.25) is 5.91 Å². The Morgan fingerprint density at radius 1 is 0.800 bits per heavy atom. The molecule has 1 aromatic heterocycles. The summed E-state index contributed by atoms with van der Waals surface area (Å²) >= 11 is 0. The Balaban J connectivity index is 1.26. The highest BCUT2D eigenvalue weighted by molar-refractivity contribution is 5.90. The quantitative estimate of drug-likeness (QED) is 0.276. The standard InChI is InChI=1S/C43H58N6O6/c1-8-46-18-14-29-25-35(52-4)37(54-6)27-32(29)40(46)34-24-31(41(50)47-20-22-48(23-21-47)42(51)45(3)39-12-10-11-17-44-39)13-16-43(34)33-28-38(55-7)36(53-5)26-30(33)15-19-49(43)9-2/h10-12,17,25-28,31,34,40H,8-9,13-16,18-24H2,1-7H3. The number of rotatable bonds is 9. The van der Waals surface area contributed by atoms with Gasteiger partial charge in [-0.05, 0) is 104 Å². The second kappa shape index (κ2) is 16.3. The predicted molar refractivity (Wildman–Crippen MR) is 212 cm³/mol. The SMILES string of the molecule is CCN1CCc2cc(OC)c(OC)cc2C1C1CC(C(=O)N2CCN(C(=O)N(C)c3ccccn3)CC2)CCC12c1cc(OC)c(OC)cc1CCN2CC. The van der Waals surface area contributed by atoms with E-state index in [1.165, 1.54) is 22.3 Å². The summed E-state index contributed by atoms with van der Waals surface area (Å²) < 4.78 is 23.5. The Labute approximate surface area is 326 Å². The zero-order chi connectivity index (χ0) is 38.9.